The van der Waals surface area contributed by atoms with Gasteiger partial charge >= 0.3 is 0 Å². The summed E-state index contributed by atoms with van der Waals surface area (Å²) < 4.78 is 5.04. The molecule has 0 bridgehead atoms. The number of nitriles is 1. The fourth-order valence-electron chi connectivity index (χ4n) is 1.82. The lowest BCUT2D eigenvalue weighted by molar-refractivity contribution is 0.0886. The fraction of sp³-hybridized carbons (Fsp3) is 0.462. The minimum Gasteiger partial charge on any atom is -0.381 e. The number of hydrogen-bond donors (Lipinski definition) is 0. The van der Waals surface area contributed by atoms with E-state index in [4.69, 9.17) is 4.74 Å². The van der Waals surface area contributed by atoms with Crippen LogP contribution in [0, 0.1) is 18.3 Å². The molecule has 3 heteroatoms. The molecule has 0 aromatic heterocycles. The largest absolute Gasteiger partial charge is 0.381 e. The molecule has 0 N–H and O–H groups in total. The number of nitrogens with zero attached hydrogens (tertiary/aromatic N) is 1. The van der Waals surface area contributed by atoms with Crippen LogP contribution < -0.4 is 0 Å². The van der Waals surface area contributed by atoms with Gasteiger partial charge in [-0.25, -0.2) is 0 Å². The molecule has 0 aliphatic carbocycles. The van der Waals surface area contributed by atoms with Crippen molar-refractivity contribution in [1.82, 2.24) is 0 Å². The van der Waals surface area contributed by atoms with Crippen molar-refractivity contribution >= 4 is 11.8 Å². The van der Waals surface area contributed by atoms with Crippen LogP contribution in [0.15, 0.2) is 29.2 Å². The Hall–Kier alpha value is -0.980. The molecule has 0 unspecified atom stereocenters. The first kappa shape index (κ1) is 11.5. The van der Waals surface area contributed by atoms with Gasteiger partial charge in [0.15, 0.2) is 0 Å². The van der Waals surface area contributed by atoms with Gasteiger partial charge in [-0.3, -0.25) is 0 Å². The van der Waals surface area contributed by atoms with E-state index in [9.17, 15) is 5.26 Å². The summed E-state index contributed by atoms with van der Waals surface area (Å²) in [6, 6.07) is 10.7. The Balaban J connectivity index is 2.19. The summed E-state index contributed by atoms with van der Waals surface area (Å²) in [5.74, 6) is 0. The van der Waals surface area contributed by atoms with E-state index in [0.717, 1.165) is 12.8 Å². The van der Waals surface area contributed by atoms with Gasteiger partial charge in [-0.15, -0.1) is 11.8 Å². The van der Waals surface area contributed by atoms with Crippen molar-refractivity contribution in [2.75, 3.05) is 13.2 Å². The highest BCUT2D eigenvalue weighted by atomic mass is 32.2. The van der Waals surface area contributed by atoms with Gasteiger partial charge in [0.05, 0.1) is 6.07 Å². The Morgan fingerprint density at radius 3 is 2.62 bits per heavy atom. The smallest absolute Gasteiger partial charge is 0.111 e. The highest BCUT2D eigenvalue weighted by molar-refractivity contribution is 8.01. The number of benzene rings is 1. The Bertz CT molecular complexity index is 405. The van der Waals surface area contributed by atoms with Crippen molar-refractivity contribution in [1.29, 1.82) is 5.26 Å². The van der Waals surface area contributed by atoms with Gasteiger partial charge in [0.2, 0.25) is 0 Å². The molecule has 1 aliphatic rings. The van der Waals surface area contributed by atoms with Crippen LogP contribution in [0.25, 0.3) is 0 Å². The first-order valence-electron chi connectivity index (χ1n) is 5.49. The van der Waals surface area contributed by atoms with Gasteiger partial charge in [-0.05, 0) is 31.4 Å². The van der Waals surface area contributed by atoms with E-state index in [1.807, 2.05) is 12.1 Å². The molecule has 1 saturated heterocycles. The van der Waals surface area contributed by atoms with Crippen LogP contribution in [0.3, 0.4) is 0 Å². The van der Waals surface area contributed by atoms with Crippen molar-refractivity contribution in [2.45, 2.75) is 29.4 Å². The monoisotopic (exact) mass is 233 g/mol. The third kappa shape index (κ3) is 2.40. The molecule has 0 saturated carbocycles. The molecular weight excluding hydrogens is 218 g/mol. The summed E-state index contributed by atoms with van der Waals surface area (Å²) in [5, 5.41) is 9.37. The molecular formula is C13H15NOS. The number of aryl methyl sites for hydroxylation is 1. The average Bonchev–Trinajstić information content (AvgIpc) is 2.33. The predicted octanol–water partition coefficient (Wildman–Crippen LogP) is 3.16. The molecule has 1 aliphatic heterocycles. The molecule has 1 aromatic rings. The molecule has 84 valence electrons. The molecule has 0 amide bonds. The van der Waals surface area contributed by atoms with E-state index in [-0.39, 0.29) is 4.75 Å². The van der Waals surface area contributed by atoms with Crippen molar-refractivity contribution < 1.29 is 4.74 Å². The van der Waals surface area contributed by atoms with Crippen molar-refractivity contribution in [3.05, 3.63) is 29.8 Å². The quantitative estimate of drug-likeness (QED) is 0.786. The Morgan fingerprint density at radius 2 is 2.00 bits per heavy atom. The van der Waals surface area contributed by atoms with Gasteiger partial charge in [0.25, 0.3) is 0 Å². The van der Waals surface area contributed by atoms with E-state index < -0.39 is 0 Å². The zero-order chi connectivity index (χ0) is 11.4. The normalized spacial score (nSPS) is 19.0. The van der Waals surface area contributed by atoms with Crippen LogP contribution in [0.1, 0.15) is 18.4 Å². The van der Waals surface area contributed by atoms with Crippen LogP contribution in [0.5, 0.6) is 0 Å². The van der Waals surface area contributed by atoms with E-state index in [1.54, 1.807) is 11.8 Å². The van der Waals surface area contributed by atoms with Gasteiger partial charge in [-0.2, -0.15) is 5.26 Å². The molecule has 2 rings (SSSR count). The lowest BCUT2D eigenvalue weighted by Gasteiger charge is -2.30. The molecule has 1 aromatic carbocycles. The lowest BCUT2D eigenvalue weighted by atomic mass is 10.0. The third-order valence-electron chi connectivity index (χ3n) is 2.90. The van der Waals surface area contributed by atoms with Gasteiger partial charge < -0.3 is 4.74 Å². The van der Waals surface area contributed by atoms with Crippen LogP contribution in [-0.2, 0) is 4.74 Å². The van der Waals surface area contributed by atoms with Crippen LogP contribution in [0.4, 0.5) is 0 Å². The summed E-state index contributed by atoms with van der Waals surface area (Å²) in [4.78, 5) is 1.21. The van der Waals surface area contributed by atoms with Crippen molar-refractivity contribution in [2.24, 2.45) is 0 Å². The maximum Gasteiger partial charge on any atom is 0.111 e. The first-order chi connectivity index (χ1) is 7.76. The highest BCUT2D eigenvalue weighted by Gasteiger charge is 2.34. The zero-order valence-electron chi connectivity index (χ0n) is 9.40. The van der Waals surface area contributed by atoms with Gasteiger partial charge in [0, 0.05) is 18.1 Å². The highest BCUT2D eigenvalue weighted by Crippen LogP contribution is 2.41. The predicted molar refractivity (Wildman–Crippen MR) is 65.4 cm³/mol. The van der Waals surface area contributed by atoms with E-state index >= 15 is 0 Å². The molecule has 2 nitrogen and oxygen atoms in total. The molecule has 1 heterocycles. The Labute approximate surface area is 101 Å². The molecule has 0 spiro atoms. The summed E-state index contributed by atoms with van der Waals surface area (Å²) in [6.45, 7) is 3.49. The second-order valence-electron chi connectivity index (χ2n) is 4.09. The van der Waals surface area contributed by atoms with Crippen molar-refractivity contribution in [3.8, 4) is 6.07 Å². The standard InChI is InChI=1S/C13H15NOS/c1-11-4-2-3-5-12(11)16-13(10-14)6-8-15-9-7-13/h2-5H,6-9H2,1H3. The minimum atomic E-state index is -0.287. The van der Waals surface area contributed by atoms with E-state index in [1.165, 1.54) is 10.5 Å². The maximum absolute atomic E-state index is 9.37. The SMILES string of the molecule is Cc1ccccc1SC1(C#N)CCOCC1. The fourth-order valence-corrected chi connectivity index (χ4v) is 3.03. The average molecular weight is 233 g/mol. The van der Waals surface area contributed by atoms with Gasteiger partial charge in [-0.1, -0.05) is 18.2 Å². The molecule has 16 heavy (non-hydrogen) atoms. The number of hydrogen-bond acceptors (Lipinski definition) is 3. The van der Waals surface area contributed by atoms with Gasteiger partial charge in [0.1, 0.15) is 4.75 Å². The summed E-state index contributed by atoms with van der Waals surface area (Å²) >= 11 is 1.70. The summed E-state index contributed by atoms with van der Waals surface area (Å²) in [6.07, 6.45) is 1.64. The van der Waals surface area contributed by atoms with Crippen LogP contribution in [0.2, 0.25) is 0 Å². The maximum atomic E-state index is 9.37. The number of rotatable bonds is 2. The first-order valence-corrected chi connectivity index (χ1v) is 6.31. The molecule has 0 radical (unpaired) electrons. The molecule has 0 atom stereocenters. The molecule has 1 fully saturated rings. The summed E-state index contributed by atoms with van der Waals surface area (Å²) in [5.41, 5.74) is 1.24. The van der Waals surface area contributed by atoms with E-state index in [0.29, 0.717) is 13.2 Å². The van der Waals surface area contributed by atoms with Crippen molar-refractivity contribution in [3.63, 3.8) is 0 Å². The second kappa shape index (κ2) is 4.90. The number of ether oxygens (including phenoxy) is 1. The lowest BCUT2D eigenvalue weighted by Crippen LogP contribution is -2.31. The van der Waals surface area contributed by atoms with Crippen LogP contribution >= 0.6 is 11.8 Å². The number of thioether (sulfide) groups is 1. The zero-order valence-corrected chi connectivity index (χ0v) is 10.2. The topological polar surface area (TPSA) is 33.0 Å². The van der Waals surface area contributed by atoms with Crippen LogP contribution in [-0.4, -0.2) is 18.0 Å². The summed E-state index contributed by atoms with van der Waals surface area (Å²) in [7, 11) is 0. The van der Waals surface area contributed by atoms with E-state index in [2.05, 4.69) is 25.1 Å². The third-order valence-corrected chi connectivity index (χ3v) is 4.47. The Kier molecular flexibility index (Phi) is 3.52. The Morgan fingerprint density at radius 1 is 1.31 bits per heavy atom. The second-order valence-corrected chi connectivity index (χ2v) is 5.51. The minimum absolute atomic E-state index is 0.287.